The Morgan fingerprint density at radius 2 is 1.96 bits per heavy atom. The summed E-state index contributed by atoms with van der Waals surface area (Å²) in [6.45, 7) is 1.74. The highest BCUT2D eigenvalue weighted by Crippen LogP contribution is 2.29. The van der Waals surface area contributed by atoms with Crippen LogP contribution in [0.5, 0.6) is 5.75 Å². The molecule has 1 saturated heterocycles. The van der Waals surface area contributed by atoms with Gasteiger partial charge in [-0.05, 0) is 48.2 Å². The number of amides is 2. The van der Waals surface area contributed by atoms with E-state index in [1.807, 2.05) is 6.07 Å². The molecule has 0 atom stereocenters. The number of likely N-dealkylation sites (tertiary alicyclic amines) is 1. The molecule has 1 fully saturated rings. The van der Waals surface area contributed by atoms with E-state index < -0.39 is 0 Å². The largest absolute Gasteiger partial charge is 0.506 e. The van der Waals surface area contributed by atoms with Gasteiger partial charge >= 0.3 is 0 Å². The van der Waals surface area contributed by atoms with Crippen LogP contribution in [0.2, 0.25) is 5.02 Å². The maximum Gasteiger partial charge on any atom is 0.251 e. The number of carbonyl (C=O) groups excluding carboxylic acids is 2. The number of carbonyl (C=O) groups is 2. The predicted octanol–water partition coefficient (Wildman–Crippen LogP) is 3.45. The molecule has 0 bridgehead atoms. The van der Waals surface area contributed by atoms with Crippen LogP contribution in [0.1, 0.15) is 29.6 Å². The second kappa shape index (κ2) is 8.23. The van der Waals surface area contributed by atoms with E-state index in [2.05, 4.69) is 5.32 Å². The molecule has 1 aliphatic rings. The van der Waals surface area contributed by atoms with E-state index in [0.29, 0.717) is 25.1 Å². The lowest BCUT2D eigenvalue weighted by molar-refractivity contribution is -0.133. The number of aromatic hydroxyl groups is 1. The number of piperidine rings is 1. The van der Waals surface area contributed by atoms with Crippen molar-refractivity contribution in [2.75, 3.05) is 19.6 Å². The van der Waals surface area contributed by atoms with Gasteiger partial charge in [0, 0.05) is 31.6 Å². The van der Waals surface area contributed by atoms with Gasteiger partial charge in [-0.2, -0.15) is 0 Å². The molecule has 2 aromatic carbocycles. The number of benzene rings is 2. The molecule has 0 unspecified atom stereocenters. The molecule has 1 heterocycles. The van der Waals surface area contributed by atoms with Crippen LogP contribution in [-0.4, -0.2) is 41.5 Å². The van der Waals surface area contributed by atoms with Crippen molar-refractivity contribution >= 4 is 23.4 Å². The molecule has 6 heteroatoms. The Bertz CT molecular complexity index is 822. The van der Waals surface area contributed by atoms with Crippen molar-refractivity contribution in [1.82, 2.24) is 10.2 Å². The van der Waals surface area contributed by atoms with Gasteiger partial charge in [0.25, 0.3) is 5.91 Å². The van der Waals surface area contributed by atoms with Crippen LogP contribution in [0.4, 0.5) is 0 Å². The number of hydrogen-bond acceptors (Lipinski definition) is 3. The van der Waals surface area contributed by atoms with Crippen molar-refractivity contribution in [2.45, 2.75) is 19.3 Å². The number of nitrogens with zero attached hydrogens (tertiary/aromatic N) is 1. The van der Waals surface area contributed by atoms with Crippen LogP contribution in [0, 0.1) is 0 Å². The second-order valence-electron chi connectivity index (χ2n) is 6.34. The number of phenolic OH excluding ortho intramolecular Hbond substituents is 1. The minimum absolute atomic E-state index is 0.0246. The molecule has 0 aliphatic carbocycles. The maximum absolute atomic E-state index is 12.4. The van der Waals surface area contributed by atoms with E-state index >= 15 is 0 Å². The molecule has 0 saturated carbocycles. The van der Waals surface area contributed by atoms with Crippen molar-refractivity contribution in [1.29, 1.82) is 0 Å². The first-order valence-electron chi connectivity index (χ1n) is 8.69. The van der Waals surface area contributed by atoms with E-state index in [-0.39, 0.29) is 22.6 Å². The van der Waals surface area contributed by atoms with Crippen LogP contribution in [0.3, 0.4) is 0 Å². The summed E-state index contributed by atoms with van der Waals surface area (Å²) in [6, 6.07) is 12.2. The SMILES string of the molecule is O=C(NCCN1CCCCC1=O)c1cccc(-c2ccc(O)c(Cl)c2)c1. The maximum atomic E-state index is 12.4. The Morgan fingerprint density at radius 1 is 1.15 bits per heavy atom. The molecule has 0 radical (unpaired) electrons. The average molecular weight is 373 g/mol. The third kappa shape index (κ3) is 4.35. The summed E-state index contributed by atoms with van der Waals surface area (Å²) in [5.74, 6) is 0.00876. The second-order valence-corrected chi connectivity index (χ2v) is 6.75. The van der Waals surface area contributed by atoms with Crippen LogP contribution in [0.15, 0.2) is 42.5 Å². The third-order valence-corrected chi connectivity index (χ3v) is 4.80. The third-order valence-electron chi connectivity index (χ3n) is 4.49. The van der Waals surface area contributed by atoms with Gasteiger partial charge in [-0.3, -0.25) is 9.59 Å². The van der Waals surface area contributed by atoms with Gasteiger partial charge in [0.15, 0.2) is 0 Å². The summed E-state index contributed by atoms with van der Waals surface area (Å²) in [4.78, 5) is 26.0. The summed E-state index contributed by atoms with van der Waals surface area (Å²) >= 11 is 5.96. The summed E-state index contributed by atoms with van der Waals surface area (Å²) in [5.41, 5.74) is 2.20. The minimum atomic E-state index is -0.179. The van der Waals surface area contributed by atoms with Crippen LogP contribution < -0.4 is 5.32 Å². The predicted molar refractivity (Wildman–Crippen MR) is 101 cm³/mol. The van der Waals surface area contributed by atoms with Crippen molar-refractivity contribution in [3.8, 4) is 16.9 Å². The Labute approximate surface area is 157 Å². The lowest BCUT2D eigenvalue weighted by Crippen LogP contribution is -2.41. The first-order chi connectivity index (χ1) is 12.5. The normalized spacial score (nSPS) is 14.3. The van der Waals surface area contributed by atoms with Crippen LogP contribution in [0.25, 0.3) is 11.1 Å². The lowest BCUT2D eigenvalue weighted by Gasteiger charge is -2.26. The highest BCUT2D eigenvalue weighted by atomic mass is 35.5. The van der Waals surface area contributed by atoms with Crippen LogP contribution in [-0.2, 0) is 4.79 Å². The highest BCUT2D eigenvalue weighted by molar-refractivity contribution is 6.32. The minimum Gasteiger partial charge on any atom is -0.506 e. The van der Waals surface area contributed by atoms with E-state index in [0.717, 1.165) is 30.5 Å². The smallest absolute Gasteiger partial charge is 0.251 e. The monoisotopic (exact) mass is 372 g/mol. The molecule has 0 spiro atoms. The molecule has 3 rings (SSSR count). The fourth-order valence-corrected chi connectivity index (χ4v) is 3.21. The van der Waals surface area contributed by atoms with Crippen molar-refractivity contribution < 1.29 is 14.7 Å². The fourth-order valence-electron chi connectivity index (χ4n) is 3.03. The summed E-state index contributed by atoms with van der Waals surface area (Å²) < 4.78 is 0. The van der Waals surface area contributed by atoms with Gasteiger partial charge in [0.05, 0.1) is 5.02 Å². The van der Waals surface area contributed by atoms with E-state index in [1.165, 1.54) is 6.07 Å². The molecule has 26 heavy (non-hydrogen) atoms. The number of halogens is 1. The van der Waals surface area contributed by atoms with Crippen LogP contribution >= 0.6 is 11.6 Å². The highest BCUT2D eigenvalue weighted by Gasteiger charge is 2.17. The number of nitrogens with one attached hydrogen (secondary N) is 1. The zero-order valence-corrected chi connectivity index (χ0v) is 15.1. The van der Waals surface area contributed by atoms with Gasteiger partial charge in [-0.1, -0.05) is 29.8 Å². The van der Waals surface area contributed by atoms with Crippen molar-refractivity contribution in [3.05, 3.63) is 53.1 Å². The van der Waals surface area contributed by atoms with E-state index in [4.69, 9.17) is 11.6 Å². The molecule has 136 valence electrons. The van der Waals surface area contributed by atoms with Gasteiger partial charge in [0.2, 0.25) is 5.91 Å². The van der Waals surface area contributed by atoms with Crippen molar-refractivity contribution in [3.63, 3.8) is 0 Å². The Hall–Kier alpha value is -2.53. The van der Waals surface area contributed by atoms with Gasteiger partial charge in [0.1, 0.15) is 5.75 Å². The quantitative estimate of drug-likeness (QED) is 0.844. The lowest BCUT2D eigenvalue weighted by atomic mass is 10.0. The molecular formula is C20H21ClN2O3. The van der Waals surface area contributed by atoms with E-state index in [9.17, 15) is 14.7 Å². The zero-order chi connectivity index (χ0) is 18.5. The Balaban J connectivity index is 1.62. The average Bonchev–Trinajstić information content (AvgIpc) is 2.65. The summed E-state index contributed by atoms with van der Waals surface area (Å²) in [7, 11) is 0. The van der Waals surface area contributed by atoms with E-state index in [1.54, 1.807) is 35.2 Å². The van der Waals surface area contributed by atoms with Gasteiger partial charge in [-0.15, -0.1) is 0 Å². The first-order valence-corrected chi connectivity index (χ1v) is 9.07. The topological polar surface area (TPSA) is 69.6 Å². The Morgan fingerprint density at radius 3 is 2.73 bits per heavy atom. The standard InChI is InChI=1S/C20H21ClN2O3/c21-17-13-15(7-8-18(17)24)14-4-3-5-16(12-14)20(26)22-9-11-23-10-2-1-6-19(23)25/h3-5,7-8,12-13,24H,1-2,6,9-11H2,(H,22,26). The molecule has 2 N–H and O–H groups in total. The summed E-state index contributed by atoms with van der Waals surface area (Å²) in [5, 5.41) is 12.7. The fraction of sp³-hybridized carbons (Fsp3) is 0.300. The number of rotatable bonds is 5. The first kappa shape index (κ1) is 18.3. The Kier molecular flexibility index (Phi) is 5.78. The molecular weight excluding hydrogens is 352 g/mol. The molecule has 1 aliphatic heterocycles. The van der Waals surface area contributed by atoms with Gasteiger partial charge < -0.3 is 15.3 Å². The molecule has 2 amide bonds. The summed E-state index contributed by atoms with van der Waals surface area (Å²) in [6.07, 6.45) is 2.58. The van der Waals surface area contributed by atoms with Gasteiger partial charge in [-0.25, -0.2) is 0 Å². The zero-order valence-electron chi connectivity index (χ0n) is 14.4. The number of hydrogen-bond donors (Lipinski definition) is 2. The van der Waals surface area contributed by atoms with Crippen molar-refractivity contribution in [2.24, 2.45) is 0 Å². The molecule has 0 aromatic heterocycles. The molecule has 2 aromatic rings. The molecule has 5 nitrogen and oxygen atoms in total. The number of phenols is 1.